The topological polar surface area (TPSA) is 55.6 Å². The maximum atomic E-state index is 4.01. The monoisotopic (exact) mass is 217 g/mol. The van der Waals surface area contributed by atoms with Gasteiger partial charge in [0.25, 0.3) is 0 Å². The molecule has 1 atom stereocenters. The Kier molecular flexibility index (Phi) is 3.61. The van der Waals surface area contributed by atoms with Gasteiger partial charge in [-0.15, -0.1) is 0 Å². The molecule has 0 aliphatic heterocycles. The van der Waals surface area contributed by atoms with Crippen molar-refractivity contribution in [2.24, 2.45) is 0 Å². The van der Waals surface area contributed by atoms with Crippen LogP contribution in [0, 0.1) is 0 Å². The molecule has 0 aliphatic carbocycles. The Balaban J connectivity index is 1.78. The van der Waals surface area contributed by atoms with Gasteiger partial charge in [0, 0.05) is 49.5 Å². The summed E-state index contributed by atoms with van der Waals surface area (Å²) >= 11 is 0. The van der Waals surface area contributed by atoms with Crippen molar-refractivity contribution in [3.63, 3.8) is 0 Å². The molecule has 1 unspecified atom stereocenters. The summed E-state index contributed by atoms with van der Waals surface area (Å²) in [5.74, 6) is 0. The highest BCUT2D eigenvalue weighted by Crippen LogP contribution is 1.96. The maximum Gasteiger partial charge on any atom is 0.115 e. The number of hydrogen-bond donors (Lipinski definition) is 1. The molecule has 0 saturated heterocycles. The Bertz CT molecular complexity index is 398. The van der Waals surface area contributed by atoms with Crippen LogP contribution in [0.2, 0.25) is 0 Å². The minimum atomic E-state index is 0.384. The average Bonchev–Trinajstić information content (AvgIpc) is 2.81. The summed E-state index contributed by atoms with van der Waals surface area (Å²) in [6.45, 7) is 3.84. The third kappa shape index (κ3) is 3.13. The number of nitrogens with one attached hydrogen (secondary N) is 1. The fourth-order valence-corrected chi connectivity index (χ4v) is 1.49. The average molecular weight is 217 g/mol. The summed E-state index contributed by atoms with van der Waals surface area (Å²) in [6, 6.07) is 0.384. The van der Waals surface area contributed by atoms with E-state index in [1.54, 1.807) is 12.5 Å². The van der Waals surface area contributed by atoms with Crippen LogP contribution in [0.5, 0.6) is 0 Å². The van der Waals surface area contributed by atoms with Crippen molar-refractivity contribution in [1.82, 2.24) is 24.8 Å². The van der Waals surface area contributed by atoms with Gasteiger partial charge in [-0.25, -0.2) is 15.0 Å². The highest BCUT2D eigenvalue weighted by Gasteiger charge is 2.02. The molecule has 84 valence electrons. The summed E-state index contributed by atoms with van der Waals surface area (Å²) in [4.78, 5) is 12.0. The molecule has 0 aromatic carbocycles. The molecule has 2 rings (SSSR count). The lowest BCUT2D eigenvalue weighted by molar-refractivity contribution is 0.475. The smallest absolute Gasteiger partial charge is 0.115 e. The highest BCUT2D eigenvalue weighted by atomic mass is 15.1. The van der Waals surface area contributed by atoms with Crippen LogP contribution in [-0.4, -0.2) is 25.6 Å². The summed E-state index contributed by atoms with van der Waals surface area (Å²) < 4.78 is 2.05. The van der Waals surface area contributed by atoms with Crippen molar-refractivity contribution < 1.29 is 0 Å². The van der Waals surface area contributed by atoms with Gasteiger partial charge in [-0.3, -0.25) is 0 Å². The van der Waals surface area contributed by atoms with E-state index < -0.39 is 0 Å². The number of hydrogen-bond acceptors (Lipinski definition) is 4. The fraction of sp³-hybridized carbons (Fsp3) is 0.364. The van der Waals surface area contributed by atoms with E-state index in [2.05, 4.69) is 31.8 Å². The zero-order valence-electron chi connectivity index (χ0n) is 9.24. The van der Waals surface area contributed by atoms with Gasteiger partial charge in [-0.1, -0.05) is 0 Å². The lowest BCUT2D eigenvalue weighted by Crippen LogP contribution is -2.29. The van der Waals surface area contributed by atoms with Crippen LogP contribution in [0.15, 0.2) is 37.4 Å². The van der Waals surface area contributed by atoms with Crippen molar-refractivity contribution in [2.75, 3.05) is 0 Å². The molecule has 0 fully saturated rings. The Hall–Kier alpha value is -1.75. The summed E-state index contributed by atoms with van der Waals surface area (Å²) in [7, 11) is 0. The van der Waals surface area contributed by atoms with Crippen LogP contribution in [0.3, 0.4) is 0 Å². The summed E-state index contributed by atoms with van der Waals surface area (Å²) in [5.41, 5.74) is 1.10. The van der Waals surface area contributed by atoms with Crippen molar-refractivity contribution in [2.45, 2.75) is 26.1 Å². The Morgan fingerprint density at radius 3 is 2.81 bits per heavy atom. The molecule has 2 aromatic heterocycles. The minimum absolute atomic E-state index is 0.384. The zero-order chi connectivity index (χ0) is 11.2. The summed E-state index contributed by atoms with van der Waals surface area (Å²) in [5, 5.41) is 3.41. The van der Waals surface area contributed by atoms with Crippen molar-refractivity contribution in [1.29, 1.82) is 0 Å². The first-order chi connectivity index (χ1) is 7.84. The van der Waals surface area contributed by atoms with Gasteiger partial charge in [0.1, 0.15) is 6.33 Å². The van der Waals surface area contributed by atoms with E-state index in [4.69, 9.17) is 0 Å². The van der Waals surface area contributed by atoms with Gasteiger partial charge in [0.05, 0.1) is 6.33 Å². The molecule has 0 spiro atoms. The molecule has 2 aromatic rings. The predicted molar refractivity (Wildman–Crippen MR) is 60.6 cm³/mol. The molecule has 2 heterocycles. The van der Waals surface area contributed by atoms with Crippen LogP contribution >= 0.6 is 0 Å². The van der Waals surface area contributed by atoms with Crippen LogP contribution in [0.25, 0.3) is 0 Å². The minimum Gasteiger partial charge on any atom is -0.336 e. The van der Waals surface area contributed by atoms with Crippen molar-refractivity contribution >= 4 is 0 Å². The van der Waals surface area contributed by atoms with Gasteiger partial charge >= 0.3 is 0 Å². The second-order valence-electron chi connectivity index (χ2n) is 3.79. The lowest BCUT2D eigenvalue weighted by Gasteiger charge is -2.13. The first kappa shape index (κ1) is 10.8. The first-order valence-electron chi connectivity index (χ1n) is 5.27. The predicted octanol–water partition coefficient (Wildman–Crippen LogP) is 0.851. The molecular formula is C11H15N5. The fourth-order valence-electron chi connectivity index (χ4n) is 1.49. The SMILES string of the molecule is CC(Cn1ccnc1)NCc1cncnc1. The van der Waals surface area contributed by atoms with Gasteiger partial charge in [0.2, 0.25) is 0 Å². The van der Waals surface area contributed by atoms with E-state index in [1.807, 2.05) is 24.9 Å². The van der Waals surface area contributed by atoms with E-state index in [0.29, 0.717) is 6.04 Å². The molecule has 0 saturated carbocycles. The second kappa shape index (κ2) is 5.37. The Morgan fingerprint density at radius 1 is 1.31 bits per heavy atom. The third-order valence-corrected chi connectivity index (χ3v) is 2.31. The number of aromatic nitrogens is 4. The summed E-state index contributed by atoms with van der Waals surface area (Å²) in [6.07, 6.45) is 10.8. The second-order valence-corrected chi connectivity index (χ2v) is 3.79. The quantitative estimate of drug-likeness (QED) is 0.806. The molecule has 0 amide bonds. The third-order valence-electron chi connectivity index (χ3n) is 2.31. The Morgan fingerprint density at radius 2 is 2.12 bits per heavy atom. The number of imidazole rings is 1. The lowest BCUT2D eigenvalue weighted by atomic mass is 10.3. The van der Waals surface area contributed by atoms with Crippen LogP contribution in [-0.2, 0) is 13.1 Å². The normalized spacial score (nSPS) is 12.6. The van der Waals surface area contributed by atoms with Crippen LogP contribution < -0.4 is 5.32 Å². The zero-order valence-corrected chi connectivity index (χ0v) is 9.24. The van der Waals surface area contributed by atoms with Crippen molar-refractivity contribution in [3.05, 3.63) is 43.0 Å². The molecular weight excluding hydrogens is 202 g/mol. The van der Waals surface area contributed by atoms with E-state index in [0.717, 1.165) is 18.7 Å². The molecule has 5 heteroatoms. The number of nitrogens with zero attached hydrogens (tertiary/aromatic N) is 4. The molecule has 0 radical (unpaired) electrons. The van der Waals surface area contributed by atoms with Gasteiger partial charge in [0.15, 0.2) is 0 Å². The van der Waals surface area contributed by atoms with Crippen LogP contribution in [0.4, 0.5) is 0 Å². The maximum absolute atomic E-state index is 4.01. The van der Waals surface area contributed by atoms with E-state index in [9.17, 15) is 0 Å². The van der Waals surface area contributed by atoms with Gasteiger partial charge in [-0.2, -0.15) is 0 Å². The van der Waals surface area contributed by atoms with Crippen molar-refractivity contribution in [3.8, 4) is 0 Å². The molecule has 0 aliphatic rings. The first-order valence-corrected chi connectivity index (χ1v) is 5.27. The highest BCUT2D eigenvalue weighted by molar-refractivity contribution is 5.01. The Labute approximate surface area is 94.6 Å². The number of rotatable bonds is 5. The van der Waals surface area contributed by atoms with Gasteiger partial charge in [-0.05, 0) is 6.92 Å². The van der Waals surface area contributed by atoms with Gasteiger partial charge < -0.3 is 9.88 Å². The molecule has 5 nitrogen and oxygen atoms in total. The standard InChI is InChI=1S/C11H15N5/c1-10(7-16-3-2-12-9-16)15-6-11-4-13-8-14-5-11/h2-5,8-10,15H,6-7H2,1H3. The molecule has 16 heavy (non-hydrogen) atoms. The largest absolute Gasteiger partial charge is 0.336 e. The molecule has 0 bridgehead atoms. The van der Waals surface area contributed by atoms with Crippen LogP contribution in [0.1, 0.15) is 12.5 Å². The van der Waals surface area contributed by atoms with E-state index in [-0.39, 0.29) is 0 Å². The van der Waals surface area contributed by atoms with E-state index >= 15 is 0 Å². The van der Waals surface area contributed by atoms with E-state index in [1.165, 1.54) is 0 Å². The molecule has 1 N–H and O–H groups in total.